The number of amides is 1. The van der Waals surface area contributed by atoms with Crippen LogP contribution in [0.4, 0.5) is 11.4 Å². The van der Waals surface area contributed by atoms with Crippen LogP contribution in [0.25, 0.3) is 11.3 Å². The van der Waals surface area contributed by atoms with Gasteiger partial charge in [0.25, 0.3) is 0 Å². The molecule has 43 heavy (non-hydrogen) atoms. The summed E-state index contributed by atoms with van der Waals surface area (Å²) in [5.41, 5.74) is 6.85. The number of aryl methyl sites for hydroxylation is 1. The van der Waals surface area contributed by atoms with E-state index in [0.29, 0.717) is 29.9 Å². The molecule has 0 radical (unpaired) electrons. The topological polar surface area (TPSA) is 82.2 Å². The van der Waals surface area contributed by atoms with Crippen molar-refractivity contribution < 1.29 is 19.1 Å². The van der Waals surface area contributed by atoms with E-state index in [1.165, 1.54) is 0 Å². The molecule has 2 aliphatic heterocycles. The van der Waals surface area contributed by atoms with Crippen LogP contribution in [0.2, 0.25) is 0 Å². The fourth-order valence-electron chi connectivity index (χ4n) is 5.70. The number of nitrogens with one attached hydrogen (secondary N) is 1. The van der Waals surface area contributed by atoms with Crippen LogP contribution in [0.3, 0.4) is 0 Å². The number of anilines is 2. The maximum absolute atomic E-state index is 13.2. The number of esters is 1. The number of allylic oxidation sites excluding steroid dienone is 1. The molecule has 1 fully saturated rings. The Bertz CT molecular complexity index is 1520. The SMILES string of the molecule is Cc1cc(C(=O)OC(C)C)ccc1/C(C=O)=C(/Nc1ccc2c(c1)CCN2C(=O)CN1CCN(C)CC1)c1ccccc1. The van der Waals surface area contributed by atoms with Crippen LogP contribution in [0.15, 0.2) is 66.7 Å². The van der Waals surface area contributed by atoms with E-state index < -0.39 is 5.97 Å². The lowest BCUT2D eigenvalue weighted by Crippen LogP contribution is -2.48. The van der Waals surface area contributed by atoms with Gasteiger partial charge in [0.2, 0.25) is 5.91 Å². The first-order valence-corrected chi connectivity index (χ1v) is 14.9. The zero-order valence-corrected chi connectivity index (χ0v) is 25.4. The average Bonchev–Trinajstić information content (AvgIpc) is 3.42. The van der Waals surface area contributed by atoms with Crippen LogP contribution in [0.1, 0.15) is 46.5 Å². The highest BCUT2D eigenvalue weighted by atomic mass is 16.5. The lowest BCUT2D eigenvalue weighted by atomic mass is 9.95. The van der Waals surface area contributed by atoms with Crippen molar-refractivity contribution in [3.05, 3.63) is 94.5 Å². The molecule has 0 spiro atoms. The summed E-state index contributed by atoms with van der Waals surface area (Å²) in [6.45, 7) is 10.4. The monoisotopic (exact) mass is 580 g/mol. The van der Waals surface area contributed by atoms with Crippen LogP contribution in [-0.2, 0) is 20.7 Å². The third-order valence-electron chi connectivity index (χ3n) is 8.04. The minimum Gasteiger partial charge on any atom is -0.459 e. The summed E-state index contributed by atoms with van der Waals surface area (Å²) in [7, 11) is 2.11. The summed E-state index contributed by atoms with van der Waals surface area (Å²) in [4.78, 5) is 44.8. The zero-order valence-electron chi connectivity index (χ0n) is 25.4. The van der Waals surface area contributed by atoms with Gasteiger partial charge in [0.15, 0.2) is 6.29 Å². The molecule has 3 aromatic carbocycles. The first kappa shape index (κ1) is 30.2. The molecule has 0 saturated carbocycles. The van der Waals surface area contributed by atoms with E-state index in [9.17, 15) is 14.4 Å². The molecule has 5 rings (SSSR count). The third kappa shape index (κ3) is 7.04. The van der Waals surface area contributed by atoms with Crippen LogP contribution in [0.5, 0.6) is 0 Å². The molecule has 2 aliphatic rings. The van der Waals surface area contributed by atoms with Gasteiger partial charge in [-0.05, 0) is 86.8 Å². The summed E-state index contributed by atoms with van der Waals surface area (Å²) in [5, 5.41) is 3.52. The largest absolute Gasteiger partial charge is 0.459 e. The van der Waals surface area contributed by atoms with Crippen LogP contribution in [-0.4, -0.2) is 80.4 Å². The Labute approximate surface area is 253 Å². The quantitative estimate of drug-likeness (QED) is 0.167. The molecule has 0 aliphatic carbocycles. The van der Waals surface area contributed by atoms with Gasteiger partial charge >= 0.3 is 5.97 Å². The van der Waals surface area contributed by atoms with E-state index in [4.69, 9.17) is 4.74 Å². The molecule has 0 atom stereocenters. The normalized spacial score (nSPS) is 16.1. The van der Waals surface area contributed by atoms with Crippen molar-refractivity contribution in [2.45, 2.75) is 33.3 Å². The molecule has 3 aromatic rings. The first-order valence-electron chi connectivity index (χ1n) is 14.9. The number of hydrogen-bond acceptors (Lipinski definition) is 7. The van der Waals surface area contributed by atoms with Crippen molar-refractivity contribution in [1.82, 2.24) is 9.80 Å². The molecule has 8 nitrogen and oxygen atoms in total. The van der Waals surface area contributed by atoms with Crippen molar-refractivity contribution >= 4 is 40.8 Å². The van der Waals surface area contributed by atoms with Crippen LogP contribution >= 0.6 is 0 Å². The van der Waals surface area contributed by atoms with Gasteiger partial charge in [-0.3, -0.25) is 14.5 Å². The summed E-state index contributed by atoms with van der Waals surface area (Å²) in [5.74, 6) is -0.259. The van der Waals surface area contributed by atoms with Gasteiger partial charge in [-0.1, -0.05) is 36.4 Å². The Kier molecular flexibility index (Phi) is 9.38. The number of rotatable bonds is 9. The number of ether oxygens (including phenoxy) is 1. The number of nitrogens with zero attached hydrogens (tertiary/aromatic N) is 3. The van der Waals surface area contributed by atoms with Crippen molar-refractivity contribution in [3.63, 3.8) is 0 Å². The van der Waals surface area contributed by atoms with Crippen LogP contribution < -0.4 is 10.2 Å². The minimum atomic E-state index is -0.392. The Morgan fingerprint density at radius 2 is 1.67 bits per heavy atom. The number of carbonyl (C=O) groups is 3. The van der Waals surface area contributed by atoms with Gasteiger partial charge in [-0.15, -0.1) is 0 Å². The summed E-state index contributed by atoms with van der Waals surface area (Å²) in [6.07, 6.45) is 1.41. The Morgan fingerprint density at radius 1 is 0.930 bits per heavy atom. The average molecular weight is 581 g/mol. The summed E-state index contributed by atoms with van der Waals surface area (Å²) in [6, 6.07) is 21.0. The second-order valence-electron chi connectivity index (χ2n) is 11.6. The van der Waals surface area contributed by atoms with Crippen molar-refractivity contribution in [2.24, 2.45) is 0 Å². The fourth-order valence-corrected chi connectivity index (χ4v) is 5.70. The second kappa shape index (κ2) is 13.4. The molecule has 224 valence electrons. The van der Waals surface area contributed by atoms with Gasteiger partial charge in [0, 0.05) is 49.7 Å². The second-order valence-corrected chi connectivity index (χ2v) is 11.6. The molecule has 8 heteroatoms. The van der Waals surface area contributed by atoms with Crippen molar-refractivity contribution in [2.75, 3.05) is 56.5 Å². The predicted octanol–water partition coefficient (Wildman–Crippen LogP) is 4.88. The number of carbonyl (C=O) groups excluding carboxylic acids is 3. The van der Waals surface area contributed by atoms with E-state index in [0.717, 1.165) is 72.5 Å². The van der Waals surface area contributed by atoms with Crippen LogP contribution in [0, 0.1) is 6.92 Å². The first-order chi connectivity index (χ1) is 20.7. The Hall–Kier alpha value is -4.27. The van der Waals surface area contributed by atoms with Gasteiger partial charge < -0.3 is 19.9 Å². The summed E-state index contributed by atoms with van der Waals surface area (Å²) >= 11 is 0. The molecular weight excluding hydrogens is 540 g/mol. The predicted molar refractivity (Wildman–Crippen MR) is 171 cm³/mol. The highest BCUT2D eigenvalue weighted by Gasteiger charge is 2.27. The van der Waals surface area contributed by atoms with E-state index in [2.05, 4.69) is 28.2 Å². The smallest absolute Gasteiger partial charge is 0.338 e. The van der Waals surface area contributed by atoms with E-state index >= 15 is 0 Å². The lowest BCUT2D eigenvalue weighted by molar-refractivity contribution is -0.120. The highest BCUT2D eigenvalue weighted by Crippen LogP contribution is 2.34. The molecule has 2 heterocycles. The number of fused-ring (bicyclic) bond motifs is 1. The third-order valence-corrected chi connectivity index (χ3v) is 8.04. The standard InChI is InChI=1S/C35H40N4O4/c1-24(2)43-35(42)28-10-12-30(25(3)20-28)31(23-40)34(26-8-6-5-7-9-26)36-29-11-13-32-27(21-29)14-15-39(32)33(41)22-38-18-16-37(4)17-19-38/h5-13,20-21,23-24,36H,14-19,22H2,1-4H3/b34-31+. The maximum atomic E-state index is 13.2. The number of likely N-dealkylation sites (N-methyl/N-ethyl adjacent to an activating group) is 1. The van der Waals surface area contributed by atoms with Crippen molar-refractivity contribution in [1.29, 1.82) is 0 Å². The minimum absolute atomic E-state index is 0.133. The van der Waals surface area contributed by atoms with Crippen molar-refractivity contribution in [3.8, 4) is 0 Å². The van der Waals surface area contributed by atoms with Gasteiger partial charge in [-0.25, -0.2) is 4.79 Å². The van der Waals surface area contributed by atoms with Gasteiger partial charge in [0.1, 0.15) is 0 Å². The molecule has 1 saturated heterocycles. The molecule has 0 bridgehead atoms. The van der Waals surface area contributed by atoms with E-state index in [1.807, 2.05) is 68.1 Å². The number of hydrogen-bond donors (Lipinski definition) is 1. The molecule has 0 aromatic heterocycles. The number of piperazine rings is 1. The molecule has 1 N–H and O–H groups in total. The zero-order chi connectivity index (χ0) is 30.5. The van der Waals surface area contributed by atoms with E-state index in [1.54, 1.807) is 18.2 Å². The van der Waals surface area contributed by atoms with Gasteiger partial charge in [-0.2, -0.15) is 0 Å². The highest BCUT2D eigenvalue weighted by molar-refractivity contribution is 6.19. The lowest BCUT2D eigenvalue weighted by Gasteiger charge is -2.32. The fraction of sp³-hybridized carbons (Fsp3) is 0.343. The summed E-state index contributed by atoms with van der Waals surface area (Å²) < 4.78 is 5.35. The maximum Gasteiger partial charge on any atom is 0.338 e. The molecular formula is C35H40N4O4. The van der Waals surface area contributed by atoms with E-state index in [-0.39, 0.29) is 12.0 Å². The number of aldehydes is 1. The Balaban J connectivity index is 1.42. The molecule has 0 unspecified atom stereocenters. The number of benzene rings is 3. The molecule has 1 amide bonds. The van der Waals surface area contributed by atoms with Gasteiger partial charge in [0.05, 0.1) is 23.9 Å². The Morgan fingerprint density at radius 3 is 2.35 bits per heavy atom.